The van der Waals surface area contributed by atoms with Gasteiger partial charge in [0.1, 0.15) is 34.3 Å². The minimum Gasteiger partial charge on any atom is -0.444 e. The second-order valence-electron chi connectivity index (χ2n) is 13.5. The minimum atomic E-state index is -0.740. The van der Waals surface area contributed by atoms with Crippen LogP contribution in [0.3, 0.4) is 0 Å². The van der Waals surface area contributed by atoms with Crippen LogP contribution >= 0.6 is 0 Å². The number of aryl methyl sites for hydroxylation is 1. The number of nitrogens with one attached hydrogen (secondary N) is 2. The van der Waals surface area contributed by atoms with Crippen molar-refractivity contribution in [2.45, 2.75) is 65.7 Å². The summed E-state index contributed by atoms with van der Waals surface area (Å²) < 4.78 is 32.1. The van der Waals surface area contributed by atoms with Crippen molar-refractivity contribution in [3.63, 3.8) is 0 Å². The van der Waals surface area contributed by atoms with Crippen LogP contribution < -0.4 is 19.9 Å². The van der Waals surface area contributed by atoms with Crippen molar-refractivity contribution >= 4 is 45.6 Å². The quantitative estimate of drug-likeness (QED) is 0.294. The van der Waals surface area contributed by atoms with Gasteiger partial charge in [-0.15, -0.1) is 0 Å². The number of amides is 2. The lowest BCUT2D eigenvalue weighted by Crippen LogP contribution is -2.38. The zero-order chi connectivity index (χ0) is 32.4. The predicted octanol–water partition coefficient (Wildman–Crippen LogP) is 5.47. The summed E-state index contributed by atoms with van der Waals surface area (Å²) in [6.45, 7) is 13.7. The summed E-state index contributed by atoms with van der Waals surface area (Å²) in [4.78, 5) is 49.7. The summed E-state index contributed by atoms with van der Waals surface area (Å²) in [6.07, 6.45) is 1.98. The van der Waals surface area contributed by atoms with Gasteiger partial charge in [0, 0.05) is 43.4 Å². The Balaban J connectivity index is 1.38. The van der Waals surface area contributed by atoms with Crippen LogP contribution in [0.25, 0.3) is 21.9 Å². The van der Waals surface area contributed by atoms with E-state index in [-0.39, 0.29) is 29.6 Å². The number of ether oxygens (including phenoxy) is 3. The van der Waals surface area contributed by atoms with Crippen LogP contribution in [0.4, 0.5) is 25.5 Å². The molecule has 2 fully saturated rings. The van der Waals surface area contributed by atoms with Crippen LogP contribution in [-0.2, 0) is 9.47 Å². The molecule has 1 saturated carbocycles. The van der Waals surface area contributed by atoms with E-state index in [1.807, 2.05) is 20.8 Å². The number of hydrogen-bond donors (Lipinski definition) is 2. The Morgan fingerprint density at radius 2 is 1.67 bits per heavy atom. The van der Waals surface area contributed by atoms with E-state index >= 15 is 4.39 Å². The molecule has 2 amide bonds. The molecule has 1 aromatic carbocycles. The molecule has 2 aliphatic rings. The normalized spacial score (nSPS) is 19.4. The van der Waals surface area contributed by atoms with E-state index < -0.39 is 29.2 Å². The molecule has 0 spiro atoms. The lowest BCUT2D eigenvalue weighted by molar-refractivity contribution is 0.0516. The first kappa shape index (κ1) is 30.3. The molecule has 6 rings (SSSR count). The molecule has 13 nitrogen and oxygen atoms in total. The zero-order valence-corrected chi connectivity index (χ0v) is 26.6. The highest BCUT2D eigenvalue weighted by Gasteiger charge is 2.57. The van der Waals surface area contributed by atoms with Gasteiger partial charge >= 0.3 is 18.2 Å². The molecule has 4 heterocycles. The molecular weight excluding hydrogens is 583 g/mol. The number of rotatable bonds is 5. The molecule has 14 heteroatoms. The second kappa shape index (κ2) is 10.7. The molecule has 0 radical (unpaired) electrons. The number of benzene rings is 1. The lowest BCUT2D eigenvalue weighted by atomic mass is 10.1. The average Bonchev–Trinajstić information content (AvgIpc) is 3.23. The first-order valence-electron chi connectivity index (χ1n) is 14.8. The predicted molar refractivity (Wildman–Crippen MR) is 165 cm³/mol. The fourth-order valence-corrected chi connectivity index (χ4v) is 5.67. The number of halogens is 1. The van der Waals surface area contributed by atoms with Gasteiger partial charge in [-0.25, -0.2) is 23.9 Å². The van der Waals surface area contributed by atoms with Gasteiger partial charge in [-0.05, 0) is 60.6 Å². The summed E-state index contributed by atoms with van der Waals surface area (Å²) in [6, 6.07) is 2.70. The van der Waals surface area contributed by atoms with Gasteiger partial charge in [0.25, 0.3) is 0 Å². The van der Waals surface area contributed by atoms with Crippen LogP contribution in [0.2, 0.25) is 0 Å². The highest BCUT2D eigenvalue weighted by atomic mass is 19.1. The monoisotopic (exact) mass is 620 g/mol. The van der Waals surface area contributed by atoms with Gasteiger partial charge in [0.2, 0.25) is 0 Å². The standard InChI is InChI=1S/C31H37FN8O5/c1-15-33-11-17(12-34-15)43-27-37-25-22(18-9-16(32)10-21(24(18)35-25)39(8)29(42)45-31(5,6)7)26(38-27)40-13-19-20(14-40)23(19)36-28(41)44-30(2,3)4/h9-12,19-20,23H,13-14H2,1-8H3,(H,36,41)(H,35,37,38)/t19-,20+,23+. The van der Waals surface area contributed by atoms with E-state index in [1.54, 1.807) is 27.7 Å². The lowest BCUT2D eigenvalue weighted by Gasteiger charge is -2.25. The van der Waals surface area contributed by atoms with E-state index in [1.165, 1.54) is 36.5 Å². The molecule has 1 aliphatic carbocycles. The Hall–Kier alpha value is -4.75. The third-order valence-electron chi connectivity index (χ3n) is 7.64. The number of nitrogens with zero attached hydrogens (tertiary/aromatic N) is 6. The third kappa shape index (κ3) is 6.26. The number of fused-ring (bicyclic) bond motifs is 4. The minimum absolute atomic E-state index is 0.0108. The molecule has 4 aromatic rings. The van der Waals surface area contributed by atoms with Gasteiger partial charge < -0.3 is 29.4 Å². The van der Waals surface area contributed by atoms with Crippen molar-refractivity contribution in [2.24, 2.45) is 11.8 Å². The Morgan fingerprint density at radius 1 is 1.02 bits per heavy atom. The molecule has 238 valence electrons. The van der Waals surface area contributed by atoms with E-state index in [9.17, 15) is 9.59 Å². The highest BCUT2D eigenvalue weighted by molar-refractivity contribution is 6.16. The number of aromatic amines is 1. The third-order valence-corrected chi connectivity index (χ3v) is 7.64. The van der Waals surface area contributed by atoms with Gasteiger partial charge in [0.15, 0.2) is 5.75 Å². The van der Waals surface area contributed by atoms with Crippen molar-refractivity contribution in [2.75, 3.05) is 29.9 Å². The van der Waals surface area contributed by atoms with Gasteiger partial charge in [-0.1, -0.05) is 0 Å². The zero-order valence-electron chi connectivity index (χ0n) is 26.6. The number of piperidine rings is 1. The van der Waals surface area contributed by atoms with Crippen molar-refractivity contribution < 1.29 is 28.2 Å². The number of anilines is 2. The Labute approximate surface area is 259 Å². The Morgan fingerprint density at radius 3 is 2.29 bits per heavy atom. The van der Waals surface area contributed by atoms with Gasteiger partial charge in [-0.3, -0.25) is 4.90 Å². The smallest absolute Gasteiger partial charge is 0.414 e. The van der Waals surface area contributed by atoms with Crippen LogP contribution in [0.15, 0.2) is 24.5 Å². The van der Waals surface area contributed by atoms with E-state index in [4.69, 9.17) is 19.2 Å². The summed E-state index contributed by atoms with van der Waals surface area (Å²) >= 11 is 0. The number of aromatic nitrogens is 5. The molecule has 1 saturated heterocycles. The molecule has 3 aromatic heterocycles. The fraction of sp³-hybridized carbons (Fsp3) is 0.484. The van der Waals surface area contributed by atoms with E-state index in [0.29, 0.717) is 52.4 Å². The number of hydrogen-bond acceptors (Lipinski definition) is 10. The van der Waals surface area contributed by atoms with E-state index in [0.717, 1.165) is 0 Å². The molecule has 1 aliphatic heterocycles. The van der Waals surface area contributed by atoms with Crippen molar-refractivity contribution in [1.29, 1.82) is 0 Å². The topological polar surface area (TPSA) is 148 Å². The largest absolute Gasteiger partial charge is 0.444 e. The molecule has 45 heavy (non-hydrogen) atoms. The maximum absolute atomic E-state index is 15.2. The first-order chi connectivity index (χ1) is 21.1. The first-order valence-corrected chi connectivity index (χ1v) is 14.8. The fourth-order valence-electron chi connectivity index (χ4n) is 5.67. The highest BCUT2D eigenvalue weighted by Crippen LogP contribution is 2.48. The van der Waals surface area contributed by atoms with Crippen LogP contribution in [0.5, 0.6) is 11.8 Å². The molecule has 0 bridgehead atoms. The number of H-pyrrole nitrogens is 1. The SMILES string of the molecule is Cc1ncc(Oc2nc(N3C[C@@H]4[C@H](C3)[C@H]4NC(=O)OC(C)(C)C)c3c(n2)[nH]c2c(N(C)C(=O)OC(C)(C)C)cc(F)cc23)cn1. The Bertz CT molecular complexity index is 1780. The maximum atomic E-state index is 15.2. The Kier molecular flexibility index (Phi) is 7.20. The van der Waals surface area contributed by atoms with Crippen molar-refractivity contribution in [3.05, 3.63) is 36.2 Å². The van der Waals surface area contributed by atoms with Crippen molar-refractivity contribution in [3.8, 4) is 11.8 Å². The van der Waals surface area contributed by atoms with Crippen LogP contribution in [0.1, 0.15) is 47.4 Å². The number of alkyl carbamates (subject to hydrolysis) is 1. The summed E-state index contributed by atoms with van der Waals surface area (Å²) in [7, 11) is 1.53. The molecule has 3 atom stereocenters. The second-order valence-corrected chi connectivity index (χ2v) is 13.5. The number of carbonyl (C=O) groups is 2. The summed E-state index contributed by atoms with van der Waals surface area (Å²) in [5, 5.41) is 4.06. The van der Waals surface area contributed by atoms with Crippen LogP contribution in [-0.4, -0.2) is 74.5 Å². The van der Waals surface area contributed by atoms with Gasteiger partial charge in [-0.2, -0.15) is 9.97 Å². The molecule has 0 unspecified atom stereocenters. The average molecular weight is 621 g/mol. The summed E-state index contributed by atoms with van der Waals surface area (Å²) in [5.74, 6) is 1.31. The van der Waals surface area contributed by atoms with E-state index in [2.05, 4.69) is 30.2 Å². The maximum Gasteiger partial charge on any atom is 0.414 e. The van der Waals surface area contributed by atoms with Gasteiger partial charge in [0.05, 0.1) is 29.0 Å². The summed E-state index contributed by atoms with van der Waals surface area (Å²) in [5.41, 5.74) is -0.169. The number of carbonyl (C=O) groups excluding carboxylic acids is 2. The van der Waals surface area contributed by atoms with Crippen molar-refractivity contribution in [1.82, 2.24) is 30.2 Å². The molecular formula is C31H37FN8O5. The van der Waals surface area contributed by atoms with Crippen LogP contribution in [0, 0.1) is 24.6 Å². The molecule has 2 N–H and O–H groups in total.